The van der Waals surface area contributed by atoms with Crippen LogP contribution in [0.4, 0.5) is 5.69 Å². The normalized spacial score (nSPS) is 11.7. The van der Waals surface area contributed by atoms with Gasteiger partial charge in [-0.15, -0.1) is 0 Å². The summed E-state index contributed by atoms with van der Waals surface area (Å²) >= 11 is 6.04. The van der Waals surface area contributed by atoms with Crippen molar-refractivity contribution in [2.24, 2.45) is 5.10 Å². The maximum absolute atomic E-state index is 12.6. The van der Waals surface area contributed by atoms with Gasteiger partial charge in [0.25, 0.3) is 0 Å². The number of carbonyl (C=O) groups is 2. The zero-order valence-electron chi connectivity index (χ0n) is 23.8. The fraction of sp³-hybridized carbons (Fsp3) is 0.233. The van der Waals surface area contributed by atoms with Crippen molar-refractivity contribution in [3.63, 3.8) is 0 Å². The Hall–Kier alpha value is -5.10. The number of carbonyl (C=O) groups excluding carboxylic acids is 2. The van der Waals surface area contributed by atoms with Gasteiger partial charge in [0.05, 0.1) is 17.7 Å². The zero-order chi connectivity index (χ0) is 31.1. The SMILES string of the molecule is CCOC(=O)[C@H](C)Oc1c(/C=N/NC(=O)c2ccc(COc3ccc(-n4c(C)ccc4C)cc3)o2)cc(Cl)cc1[N+](=O)[O-]. The Kier molecular flexibility index (Phi) is 9.83. The van der Waals surface area contributed by atoms with E-state index in [2.05, 4.69) is 27.2 Å². The molecule has 2 aromatic heterocycles. The minimum Gasteiger partial charge on any atom is -0.486 e. The number of hydrogen-bond donors (Lipinski definition) is 1. The second-order valence-electron chi connectivity index (χ2n) is 9.31. The fourth-order valence-corrected chi connectivity index (χ4v) is 4.38. The minimum atomic E-state index is -1.16. The van der Waals surface area contributed by atoms with Gasteiger partial charge in [-0.1, -0.05) is 11.6 Å². The van der Waals surface area contributed by atoms with Gasteiger partial charge >= 0.3 is 17.6 Å². The first-order chi connectivity index (χ1) is 20.6. The Balaban J connectivity index is 1.39. The predicted molar refractivity (Wildman–Crippen MR) is 158 cm³/mol. The number of hydrazone groups is 1. The number of aromatic nitrogens is 1. The molecule has 224 valence electrons. The van der Waals surface area contributed by atoms with Crippen LogP contribution in [0.5, 0.6) is 11.5 Å². The molecule has 13 heteroatoms. The van der Waals surface area contributed by atoms with E-state index >= 15 is 0 Å². The number of amides is 1. The van der Waals surface area contributed by atoms with Gasteiger partial charge in [-0.2, -0.15) is 5.10 Å². The van der Waals surface area contributed by atoms with E-state index in [4.69, 9.17) is 30.2 Å². The lowest BCUT2D eigenvalue weighted by Gasteiger charge is -2.15. The van der Waals surface area contributed by atoms with Crippen LogP contribution in [0.25, 0.3) is 5.69 Å². The average Bonchev–Trinajstić information content (AvgIpc) is 3.59. The van der Waals surface area contributed by atoms with E-state index in [-0.39, 0.29) is 35.3 Å². The molecule has 0 aliphatic carbocycles. The Labute approximate surface area is 252 Å². The number of hydrogen-bond acceptors (Lipinski definition) is 9. The van der Waals surface area contributed by atoms with E-state index in [0.29, 0.717) is 11.5 Å². The third-order valence-corrected chi connectivity index (χ3v) is 6.39. The highest BCUT2D eigenvalue weighted by atomic mass is 35.5. The zero-order valence-corrected chi connectivity index (χ0v) is 24.6. The number of rotatable bonds is 12. The van der Waals surface area contributed by atoms with Gasteiger partial charge in [-0.3, -0.25) is 14.9 Å². The number of nitro benzene ring substituents is 1. The molecule has 1 amide bonds. The molecule has 1 atom stereocenters. The average molecular weight is 609 g/mol. The molecule has 0 aliphatic rings. The lowest BCUT2D eigenvalue weighted by molar-refractivity contribution is -0.386. The number of ether oxygens (including phenoxy) is 3. The number of halogens is 1. The van der Waals surface area contributed by atoms with Crippen molar-refractivity contribution in [3.05, 3.63) is 104 Å². The van der Waals surface area contributed by atoms with E-state index in [1.54, 1.807) is 13.0 Å². The largest absolute Gasteiger partial charge is 0.486 e. The summed E-state index contributed by atoms with van der Waals surface area (Å²) in [7, 11) is 0. The highest BCUT2D eigenvalue weighted by Gasteiger charge is 2.26. The van der Waals surface area contributed by atoms with Crippen molar-refractivity contribution >= 4 is 35.4 Å². The summed E-state index contributed by atoms with van der Waals surface area (Å²) < 4.78 is 23.9. The second kappa shape index (κ2) is 13.7. The molecular weight excluding hydrogens is 580 g/mol. The van der Waals surface area contributed by atoms with E-state index in [0.717, 1.165) is 29.4 Å². The fourth-order valence-electron chi connectivity index (χ4n) is 4.16. The van der Waals surface area contributed by atoms with Crippen molar-refractivity contribution in [2.75, 3.05) is 6.61 Å². The van der Waals surface area contributed by atoms with Gasteiger partial charge in [0, 0.05) is 33.7 Å². The molecule has 2 heterocycles. The molecule has 1 N–H and O–H groups in total. The molecule has 0 saturated carbocycles. The van der Waals surface area contributed by atoms with E-state index in [1.807, 2.05) is 38.1 Å². The first-order valence-corrected chi connectivity index (χ1v) is 13.6. The Morgan fingerprint density at radius 3 is 2.47 bits per heavy atom. The molecule has 4 aromatic rings. The molecule has 0 unspecified atom stereocenters. The summed E-state index contributed by atoms with van der Waals surface area (Å²) in [5, 5.41) is 15.5. The van der Waals surface area contributed by atoms with Gasteiger partial charge < -0.3 is 23.2 Å². The number of nitro groups is 1. The van der Waals surface area contributed by atoms with Crippen LogP contribution in [-0.2, 0) is 16.1 Å². The van der Waals surface area contributed by atoms with Crippen LogP contribution in [0, 0.1) is 24.0 Å². The summed E-state index contributed by atoms with van der Waals surface area (Å²) in [4.78, 5) is 35.5. The standard InChI is InChI=1S/C30H29ClN4O8/c1-5-40-30(37)20(4)42-28-21(14-22(31)15-26(28)35(38)39)16-32-33-29(36)27-13-12-25(43-27)17-41-24-10-8-23(9-11-24)34-18(2)6-7-19(34)3/h6-16,20H,5,17H2,1-4H3,(H,33,36)/b32-16+/t20-/m0/s1. The van der Waals surface area contributed by atoms with E-state index in [9.17, 15) is 19.7 Å². The molecule has 0 aliphatic heterocycles. The molecule has 4 rings (SSSR count). The summed E-state index contributed by atoms with van der Waals surface area (Å²) in [5.41, 5.74) is 5.13. The van der Waals surface area contributed by atoms with Crippen LogP contribution >= 0.6 is 11.6 Å². The number of furan rings is 1. The minimum absolute atomic E-state index is 0.0240. The van der Waals surface area contributed by atoms with Crippen molar-refractivity contribution in [2.45, 2.75) is 40.4 Å². The van der Waals surface area contributed by atoms with Crippen molar-refractivity contribution in [3.8, 4) is 17.2 Å². The van der Waals surface area contributed by atoms with Crippen LogP contribution in [0.2, 0.25) is 5.02 Å². The van der Waals surface area contributed by atoms with Crippen molar-refractivity contribution < 1.29 is 33.1 Å². The maximum Gasteiger partial charge on any atom is 0.347 e. The molecule has 0 saturated heterocycles. The lowest BCUT2D eigenvalue weighted by Crippen LogP contribution is -2.27. The molecular formula is C30H29ClN4O8. The van der Waals surface area contributed by atoms with Crippen molar-refractivity contribution in [1.29, 1.82) is 0 Å². The van der Waals surface area contributed by atoms with Crippen LogP contribution in [-0.4, -0.2) is 40.3 Å². The number of aryl methyl sites for hydroxylation is 2. The van der Waals surface area contributed by atoms with E-state index in [1.165, 1.54) is 19.1 Å². The molecule has 43 heavy (non-hydrogen) atoms. The summed E-state index contributed by atoms with van der Waals surface area (Å²) in [5.74, 6) is -0.650. The van der Waals surface area contributed by atoms with Gasteiger partial charge in [0.1, 0.15) is 18.1 Å². The van der Waals surface area contributed by atoms with Crippen molar-refractivity contribution in [1.82, 2.24) is 9.99 Å². The van der Waals surface area contributed by atoms with Crippen LogP contribution in [0.15, 0.2) is 70.2 Å². The number of benzene rings is 2. The highest BCUT2D eigenvalue weighted by molar-refractivity contribution is 6.31. The Morgan fingerprint density at radius 1 is 1.12 bits per heavy atom. The van der Waals surface area contributed by atoms with Gasteiger partial charge in [0.15, 0.2) is 11.9 Å². The Bertz CT molecular complexity index is 1640. The van der Waals surface area contributed by atoms with Crippen LogP contribution in [0.3, 0.4) is 0 Å². The van der Waals surface area contributed by atoms with Crippen LogP contribution < -0.4 is 14.9 Å². The van der Waals surface area contributed by atoms with Gasteiger partial charge in [0.2, 0.25) is 5.75 Å². The summed E-state index contributed by atoms with van der Waals surface area (Å²) in [6.07, 6.45) is -0.0480. The third kappa shape index (κ3) is 7.60. The molecule has 0 fully saturated rings. The second-order valence-corrected chi connectivity index (χ2v) is 9.75. The topological polar surface area (TPSA) is 147 Å². The third-order valence-electron chi connectivity index (χ3n) is 6.18. The smallest absolute Gasteiger partial charge is 0.347 e. The number of nitrogens with one attached hydrogen (secondary N) is 1. The summed E-state index contributed by atoms with van der Waals surface area (Å²) in [6, 6.07) is 17.2. The van der Waals surface area contributed by atoms with Gasteiger partial charge in [-0.05, 0) is 82.3 Å². The predicted octanol–water partition coefficient (Wildman–Crippen LogP) is 5.92. The quantitative estimate of drug-likeness (QED) is 0.0901. The monoisotopic (exact) mass is 608 g/mol. The Morgan fingerprint density at radius 2 is 1.81 bits per heavy atom. The molecule has 0 bridgehead atoms. The highest BCUT2D eigenvalue weighted by Crippen LogP contribution is 2.34. The lowest BCUT2D eigenvalue weighted by atomic mass is 10.2. The molecule has 0 spiro atoms. The molecule has 2 aromatic carbocycles. The first-order valence-electron chi connectivity index (χ1n) is 13.2. The van der Waals surface area contributed by atoms with E-state index < -0.39 is 28.6 Å². The number of esters is 1. The summed E-state index contributed by atoms with van der Waals surface area (Å²) in [6.45, 7) is 7.28. The molecule has 12 nitrogen and oxygen atoms in total. The number of nitrogens with zero attached hydrogens (tertiary/aromatic N) is 3. The first kappa shape index (κ1) is 30.8. The maximum atomic E-state index is 12.6. The van der Waals surface area contributed by atoms with Gasteiger partial charge in [-0.25, -0.2) is 10.2 Å². The van der Waals surface area contributed by atoms with Crippen LogP contribution in [0.1, 0.15) is 47.1 Å². The molecule has 0 radical (unpaired) electrons.